The lowest BCUT2D eigenvalue weighted by molar-refractivity contribution is -0.142. The summed E-state index contributed by atoms with van der Waals surface area (Å²) < 4.78 is 18.6. The lowest BCUT2D eigenvalue weighted by Gasteiger charge is -2.29. The Kier molecular flexibility index (Phi) is 5.17. The second-order valence-electron chi connectivity index (χ2n) is 5.67. The van der Waals surface area contributed by atoms with Gasteiger partial charge in [0.25, 0.3) is 0 Å². The number of aliphatic carboxylic acids is 1. The molecule has 1 aromatic rings. The van der Waals surface area contributed by atoms with Crippen LogP contribution in [0.15, 0.2) is 18.2 Å². The molecule has 5 heteroatoms. The van der Waals surface area contributed by atoms with Crippen LogP contribution in [0.3, 0.4) is 0 Å². The van der Waals surface area contributed by atoms with E-state index in [2.05, 4.69) is 5.32 Å². The summed E-state index contributed by atoms with van der Waals surface area (Å²) in [5, 5.41) is 12.4. The van der Waals surface area contributed by atoms with Gasteiger partial charge in [-0.2, -0.15) is 0 Å². The summed E-state index contributed by atoms with van der Waals surface area (Å²) in [5.41, 5.74) is 0.869. The quantitative estimate of drug-likeness (QED) is 0.876. The molecular weight excluding hydrogens is 273 g/mol. The summed E-state index contributed by atoms with van der Waals surface area (Å²) in [6.45, 7) is 1.99. The molecule has 1 aliphatic rings. The molecule has 0 aromatic heterocycles. The number of carboxylic acid groups (broad SMARTS) is 1. The van der Waals surface area contributed by atoms with Crippen LogP contribution in [0.1, 0.15) is 44.2 Å². The van der Waals surface area contributed by atoms with E-state index in [1.54, 1.807) is 6.07 Å². The zero-order chi connectivity index (χ0) is 15.4. The van der Waals surface area contributed by atoms with Crippen molar-refractivity contribution in [3.8, 4) is 5.75 Å². The molecule has 2 rings (SSSR count). The highest BCUT2D eigenvalue weighted by molar-refractivity contribution is 5.70. The van der Waals surface area contributed by atoms with Crippen LogP contribution in [-0.4, -0.2) is 24.2 Å². The Morgan fingerprint density at radius 3 is 2.57 bits per heavy atom. The standard InChI is InChI=1S/C16H22FNO3/c1-10(12-5-8-15(21-2)14(17)9-12)18-13-6-3-11(4-7-13)16(19)20/h5,8-11,13,18H,3-4,6-7H2,1-2H3,(H,19,20). The number of nitrogens with one attached hydrogen (secondary N) is 1. The minimum absolute atomic E-state index is 0.0248. The fourth-order valence-electron chi connectivity index (χ4n) is 2.91. The van der Waals surface area contributed by atoms with E-state index < -0.39 is 5.97 Å². The SMILES string of the molecule is COc1ccc(C(C)NC2CCC(C(=O)O)CC2)cc1F. The van der Waals surface area contributed by atoms with E-state index in [0.717, 1.165) is 18.4 Å². The minimum atomic E-state index is -0.696. The Labute approximate surface area is 124 Å². The Morgan fingerprint density at radius 1 is 1.38 bits per heavy atom. The molecule has 0 saturated heterocycles. The molecule has 0 bridgehead atoms. The second kappa shape index (κ2) is 6.89. The lowest BCUT2D eigenvalue weighted by Crippen LogP contribution is -2.36. The molecule has 21 heavy (non-hydrogen) atoms. The van der Waals surface area contributed by atoms with E-state index in [1.165, 1.54) is 13.2 Å². The van der Waals surface area contributed by atoms with Gasteiger partial charge in [0.15, 0.2) is 11.6 Å². The summed E-state index contributed by atoms with van der Waals surface area (Å²) in [6.07, 6.45) is 3.10. The van der Waals surface area contributed by atoms with Crippen molar-refractivity contribution in [2.45, 2.75) is 44.7 Å². The predicted molar refractivity (Wildman–Crippen MR) is 77.9 cm³/mol. The van der Waals surface area contributed by atoms with Gasteiger partial charge in [-0.1, -0.05) is 6.07 Å². The van der Waals surface area contributed by atoms with Gasteiger partial charge in [0.2, 0.25) is 0 Å². The number of rotatable bonds is 5. The molecule has 0 heterocycles. The number of ether oxygens (including phenoxy) is 1. The van der Waals surface area contributed by atoms with Crippen LogP contribution in [0, 0.1) is 11.7 Å². The average molecular weight is 295 g/mol. The number of hydrogen-bond acceptors (Lipinski definition) is 3. The molecule has 1 unspecified atom stereocenters. The smallest absolute Gasteiger partial charge is 0.306 e. The Balaban J connectivity index is 1.91. The van der Waals surface area contributed by atoms with Crippen LogP contribution in [0.5, 0.6) is 5.75 Å². The first-order valence-corrected chi connectivity index (χ1v) is 7.33. The van der Waals surface area contributed by atoms with Crippen LogP contribution >= 0.6 is 0 Å². The van der Waals surface area contributed by atoms with E-state index in [1.807, 2.05) is 13.0 Å². The highest BCUT2D eigenvalue weighted by Crippen LogP contribution is 2.27. The number of carboxylic acids is 1. The fourth-order valence-corrected chi connectivity index (χ4v) is 2.91. The van der Waals surface area contributed by atoms with Gasteiger partial charge in [0.05, 0.1) is 13.0 Å². The number of hydrogen-bond donors (Lipinski definition) is 2. The Hall–Kier alpha value is -1.62. The van der Waals surface area contributed by atoms with Crippen LogP contribution in [0.4, 0.5) is 4.39 Å². The van der Waals surface area contributed by atoms with Gasteiger partial charge in [-0.15, -0.1) is 0 Å². The largest absolute Gasteiger partial charge is 0.494 e. The van der Waals surface area contributed by atoms with Gasteiger partial charge in [0.1, 0.15) is 0 Å². The molecule has 116 valence electrons. The topological polar surface area (TPSA) is 58.6 Å². The van der Waals surface area contributed by atoms with Crippen molar-refractivity contribution in [2.75, 3.05) is 7.11 Å². The van der Waals surface area contributed by atoms with Gasteiger partial charge < -0.3 is 15.2 Å². The van der Waals surface area contributed by atoms with Crippen molar-refractivity contribution in [2.24, 2.45) is 5.92 Å². The zero-order valence-electron chi connectivity index (χ0n) is 12.4. The zero-order valence-corrected chi connectivity index (χ0v) is 12.4. The summed E-state index contributed by atoms with van der Waals surface area (Å²) in [4.78, 5) is 10.9. The maximum absolute atomic E-state index is 13.7. The first kappa shape index (κ1) is 15.8. The third kappa shape index (κ3) is 3.94. The molecule has 2 N–H and O–H groups in total. The molecular formula is C16H22FNO3. The highest BCUT2D eigenvalue weighted by atomic mass is 19.1. The molecule has 1 fully saturated rings. The third-order valence-electron chi connectivity index (χ3n) is 4.24. The molecule has 1 saturated carbocycles. The van der Waals surface area contributed by atoms with Crippen molar-refractivity contribution in [3.05, 3.63) is 29.6 Å². The second-order valence-corrected chi connectivity index (χ2v) is 5.67. The van der Waals surface area contributed by atoms with E-state index in [0.29, 0.717) is 18.9 Å². The minimum Gasteiger partial charge on any atom is -0.494 e. The molecule has 1 aromatic carbocycles. The number of benzene rings is 1. The number of halogens is 1. The van der Waals surface area contributed by atoms with E-state index >= 15 is 0 Å². The van der Waals surface area contributed by atoms with Crippen molar-refractivity contribution in [1.29, 1.82) is 0 Å². The molecule has 1 atom stereocenters. The monoisotopic (exact) mass is 295 g/mol. The van der Waals surface area contributed by atoms with Gasteiger partial charge in [-0.05, 0) is 50.3 Å². The first-order valence-electron chi connectivity index (χ1n) is 7.33. The van der Waals surface area contributed by atoms with Crippen LogP contribution < -0.4 is 10.1 Å². The van der Waals surface area contributed by atoms with Crippen molar-refractivity contribution < 1.29 is 19.0 Å². The summed E-state index contributed by atoms with van der Waals surface area (Å²) >= 11 is 0. The van der Waals surface area contributed by atoms with Crippen molar-refractivity contribution >= 4 is 5.97 Å². The third-order valence-corrected chi connectivity index (χ3v) is 4.24. The first-order chi connectivity index (χ1) is 10.0. The molecule has 0 spiro atoms. The van der Waals surface area contributed by atoms with Crippen molar-refractivity contribution in [3.63, 3.8) is 0 Å². The van der Waals surface area contributed by atoms with Gasteiger partial charge in [0, 0.05) is 12.1 Å². The maximum Gasteiger partial charge on any atom is 0.306 e. The molecule has 4 nitrogen and oxygen atoms in total. The van der Waals surface area contributed by atoms with Crippen LogP contribution in [0.25, 0.3) is 0 Å². The van der Waals surface area contributed by atoms with Gasteiger partial charge in [-0.25, -0.2) is 4.39 Å². The van der Waals surface area contributed by atoms with Crippen molar-refractivity contribution in [1.82, 2.24) is 5.32 Å². The summed E-state index contributed by atoms with van der Waals surface area (Å²) in [7, 11) is 1.45. The van der Waals surface area contributed by atoms with E-state index in [-0.39, 0.29) is 23.5 Å². The van der Waals surface area contributed by atoms with Crippen LogP contribution in [0.2, 0.25) is 0 Å². The molecule has 0 amide bonds. The number of carbonyl (C=O) groups is 1. The lowest BCUT2D eigenvalue weighted by atomic mass is 9.85. The van der Waals surface area contributed by atoms with Gasteiger partial charge in [-0.3, -0.25) is 4.79 Å². The van der Waals surface area contributed by atoms with E-state index in [4.69, 9.17) is 9.84 Å². The Bertz CT molecular complexity index is 498. The van der Waals surface area contributed by atoms with Gasteiger partial charge >= 0.3 is 5.97 Å². The fraction of sp³-hybridized carbons (Fsp3) is 0.562. The maximum atomic E-state index is 13.7. The molecule has 0 aliphatic heterocycles. The van der Waals surface area contributed by atoms with E-state index in [9.17, 15) is 9.18 Å². The highest BCUT2D eigenvalue weighted by Gasteiger charge is 2.26. The average Bonchev–Trinajstić information content (AvgIpc) is 2.47. The molecule has 1 aliphatic carbocycles. The summed E-state index contributed by atoms with van der Waals surface area (Å²) in [5.74, 6) is -1.03. The van der Waals surface area contributed by atoms with Crippen LogP contribution in [-0.2, 0) is 4.79 Å². The molecule has 0 radical (unpaired) electrons. The normalized spacial score (nSPS) is 23.6. The Morgan fingerprint density at radius 2 is 2.05 bits per heavy atom. The summed E-state index contributed by atoms with van der Waals surface area (Å²) in [6, 6.07) is 5.28. The predicted octanol–water partition coefficient (Wildman–Crippen LogP) is 3.13. The number of methoxy groups -OCH3 is 1.